The second-order valence-corrected chi connectivity index (χ2v) is 7.39. The molecular formula is C23H26N4O. The van der Waals surface area contributed by atoms with E-state index in [1.807, 2.05) is 35.8 Å². The summed E-state index contributed by atoms with van der Waals surface area (Å²) in [5.74, 6) is 0. The monoisotopic (exact) mass is 374 g/mol. The van der Waals surface area contributed by atoms with Crippen molar-refractivity contribution in [2.75, 3.05) is 18.5 Å². The number of para-hydroxylation sites is 1. The maximum Gasteiger partial charge on any atom is 0.256 e. The average Bonchev–Trinajstić information content (AvgIpc) is 2.73. The highest BCUT2D eigenvalue weighted by molar-refractivity contribution is 5.93. The van der Waals surface area contributed by atoms with Crippen molar-refractivity contribution in [1.82, 2.24) is 9.47 Å². The molecule has 0 radical (unpaired) electrons. The number of rotatable bonds is 6. The van der Waals surface area contributed by atoms with Gasteiger partial charge in [-0.15, -0.1) is 0 Å². The van der Waals surface area contributed by atoms with Crippen LogP contribution in [-0.2, 0) is 19.5 Å². The molecule has 1 aromatic heterocycles. The number of nitrogens with zero attached hydrogens (tertiary/aromatic N) is 3. The number of hydrazone groups is 1. The van der Waals surface area contributed by atoms with Crippen molar-refractivity contribution in [3.05, 3.63) is 75.6 Å². The standard InChI is InChI=1S/C23H26N4O/c1-17-22(25-24-2)20-10-5-6-11-21(20)27(23(17)28)14-7-13-26-15-12-18-8-3-4-9-19(18)16-26/h3-6,8-11,25H,2,7,12-16H2,1H3. The van der Waals surface area contributed by atoms with E-state index in [-0.39, 0.29) is 5.56 Å². The summed E-state index contributed by atoms with van der Waals surface area (Å²) in [6, 6.07) is 16.7. The molecule has 4 rings (SSSR count). The van der Waals surface area contributed by atoms with Gasteiger partial charge in [0.05, 0.1) is 11.2 Å². The van der Waals surface area contributed by atoms with Crippen LogP contribution >= 0.6 is 0 Å². The highest BCUT2D eigenvalue weighted by atomic mass is 16.1. The summed E-state index contributed by atoms with van der Waals surface area (Å²) >= 11 is 0. The molecule has 144 valence electrons. The molecule has 1 aliphatic heterocycles. The van der Waals surface area contributed by atoms with E-state index >= 15 is 0 Å². The van der Waals surface area contributed by atoms with Gasteiger partial charge in [0, 0.05) is 43.8 Å². The quantitative estimate of drug-likeness (QED) is 0.528. The molecule has 0 saturated heterocycles. The fraction of sp³-hybridized carbons (Fsp3) is 0.304. The molecule has 0 amide bonds. The third kappa shape index (κ3) is 3.45. The molecule has 5 heteroatoms. The predicted molar refractivity (Wildman–Crippen MR) is 116 cm³/mol. The lowest BCUT2D eigenvalue weighted by molar-refractivity contribution is 0.246. The minimum atomic E-state index is 0.0360. The van der Waals surface area contributed by atoms with Crippen molar-refractivity contribution >= 4 is 23.3 Å². The van der Waals surface area contributed by atoms with Crippen molar-refractivity contribution in [2.24, 2.45) is 5.10 Å². The maximum atomic E-state index is 13.0. The van der Waals surface area contributed by atoms with Crippen LogP contribution in [0.25, 0.3) is 10.9 Å². The topological polar surface area (TPSA) is 49.6 Å². The predicted octanol–water partition coefficient (Wildman–Crippen LogP) is 3.79. The van der Waals surface area contributed by atoms with Crippen molar-refractivity contribution in [3.63, 3.8) is 0 Å². The third-order valence-corrected chi connectivity index (χ3v) is 5.66. The largest absolute Gasteiger partial charge is 0.308 e. The zero-order valence-electron chi connectivity index (χ0n) is 16.3. The minimum Gasteiger partial charge on any atom is -0.308 e. The number of aromatic nitrogens is 1. The Balaban J connectivity index is 1.53. The summed E-state index contributed by atoms with van der Waals surface area (Å²) in [7, 11) is 0. The molecule has 0 spiro atoms. The Morgan fingerprint density at radius 3 is 2.64 bits per heavy atom. The molecule has 0 unspecified atom stereocenters. The molecule has 0 saturated carbocycles. The van der Waals surface area contributed by atoms with Crippen molar-refractivity contribution in [3.8, 4) is 0 Å². The lowest BCUT2D eigenvalue weighted by Gasteiger charge is -2.28. The second-order valence-electron chi connectivity index (χ2n) is 7.39. The molecular weight excluding hydrogens is 348 g/mol. The van der Waals surface area contributed by atoms with Gasteiger partial charge in [-0.1, -0.05) is 42.5 Å². The normalized spacial score (nSPS) is 14.0. The molecule has 0 fully saturated rings. The zero-order valence-corrected chi connectivity index (χ0v) is 16.3. The molecule has 3 aromatic rings. The Morgan fingerprint density at radius 1 is 1.07 bits per heavy atom. The fourth-order valence-electron chi connectivity index (χ4n) is 4.18. The number of hydrogen-bond donors (Lipinski definition) is 1. The van der Waals surface area contributed by atoms with Gasteiger partial charge in [0.2, 0.25) is 0 Å². The highest BCUT2D eigenvalue weighted by Crippen LogP contribution is 2.25. The van der Waals surface area contributed by atoms with Gasteiger partial charge in [-0.3, -0.25) is 15.1 Å². The first-order chi connectivity index (χ1) is 13.7. The van der Waals surface area contributed by atoms with Crippen LogP contribution in [-0.4, -0.2) is 29.3 Å². The van der Waals surface area contributed by atoms with Gasteiger partial charge in [0.15, 0.2) is 0 Å². The van der Waals surface area contributed by atoms with Crippen LogP contribution < -0.4 is 11.0 Å². The summed E-state index contributed by atoms with van der Waals surface area (Å²) in [4.78, 5) is 15.5. The smallest absolute Gasteiger partial charge is 0.256 e. The summed E-state index contributed by atoms with van der Waals surface area (Å²) < 4.78 is 1.90. The van der Waals surface area contributed by atoms with Crippen LogP contribution in [0.4, 0.5) is 5.69 Å². The van der Waals surface area contributed by atoms with Gasteiger partial charge in [0.1, 0.15) is 0 Å². The van der Waals surface area contributed by atoms with E-state index < -0.39 is 0 Å². The zero-order chi connectivity index (χ0) is 19.5. The third-order valence-electron chi connectivity index (χ3n) is 5.66. The SMILES string of the molecule is C=NNc1c(C)c(=O)n(CCCN2CCc3ccccc3C2)c2ccccc12. The van der Waals surface area contributed by atoms with Crippen LogP contribution in [0.1, 0.15) is 23.1 Å². The molecule has 5 nitrogen and oxygen atoms in total. The average molecular weight is 374 g/mol. The summed E-state index contributed by atoms with van der Waals surface area (Å²) in [5.41, 5.74) is 8.20. The highest BCUT2D eigenvalue weighted by Gasteiger charge is 2.16. The van der Waals surface area contributed by atoms with E-state index in [4.69, 9.17) is 0 Å². The Kier molecular flexibility index (Phi) is 5.26. The maximum absolute atomic E-state index is 13.0. The van der Waals surface area contributed by atoms with E-state index in [1.165, 1.54) is 11.1 Å². The van der Waals surface area contributed by atoms with Gasteiger partial charge in [-0.2, -0.15) is 5.10 Å². The first kappa shape index (κ1) is 18.4. The summed E-state index contributed by atoms with van der Waals surface area (Å²) in [6.07, 6.45) is 2.05. The lowest BCUT2D eigenvalue weighted by Crippen LogP contribution is -2.32. The number of nitrogens with one attached hydrogen (secondary N) is 1. The van der Waals surface area contributed by atoms with E-state index in [2.05, 4.69) is 46.4 Å². The lowest BCUT2D eigenvalue weighted by atomic mass is 10.00. The van der Waals surface area contributed by atoms with Gasteiger partial charge in [-0.25, -0.2) is 0 Å². The Labute approximate surface area is 165 Å². The van der Waals surface area contributed by atoms with Crippen LogP contribution in [0.15, 0.2) is 58.4 Å². The molecule has 0 aliphatic carbocycles. The Morgan fingerprint density at radius 2 is 1.82 bits per heavy atom. The molecule has 2 aromatic carbocycles. The number of anilines is 1. The Hall–Kier alpha value is -2.92. The second kappa shape index (κ2) is 7.98. The molecule has 0 bridgehead atoms. The molecule has 28 heavy (non-hydrogen) atoms. The van der Waals surface area contributed by atoms with E-state index in [1.54, 1.807) is 0 Å². The van der Waals surface area contributed by atoms with Gasteiger partial charge in [0.25, 0.3) is 5.56 Å². The summed E-state index contributed by atoms with van der Waals surface area (Å²) in [5, 5.41) is 4.77. The number of fused-ring (bicyclic) bond motifs is 2. The first-order valence-corrected chi connectivity index (χ1v) is 9.82. The van der Waals surface area contributed by atoms with Crippen LogP contribution in [0.5, 0.6) is 0 Å². The van der Waals surface area contributed by atoms with Gasteiger partial charge in [-0.05, 0) is 37.0 Å². The molecule has 1 aliphatic rings. The molecule has 1 N–H and O–H groups in total. The van der Waals surface area contributed by atoms with E-state index in [0.29, 0.717) is 12.1 Å². The van der Waals surface area contributed by atoms with E-state index in [9.17, 15) is 4.79 Å². The number of benzene rings is 2. The van der Waals surface area contributed by atoms with E-state index in [0.717, 1.165) is 49.1 Å². The fourth-order valence-corrected chi connectivity index (χ4v) is 4.18. The van der Waals surface area contributed by atoms with Crippen molar-refractivity contribution < 1.29 is 0 Å². The van der Waals surface area contributed by atoms with Gasteiger partial charge >= 0.3 is 0 Å². The number of pyridine rings is 1. The van der Waals surface area contributed by atoms with Crippen LogP contribution in [0.3, 0.4) is 0 Å². The first-order valence-electron chi connectivity index (χ1n) is 9.82. The molecule has 0 atom stereocenters. The number of aryl methyl sites for hydroxylation is 1. The summed E-state index contributed by atoms with van der Waals surface area (Å²) in [6.45, 7) is 9.12. The molecule has 2 heterocycles. The van der Waals surface area contributed by atoms with Gasteiger partial charge < -0.3 is 4.57 Å². The Bertz CT molecular complexity index is 1070. The van der Waals surface area contributed by atoms with Crippen LogP contribution in [0, 0.1) is 6.92 Å². The van der Waals surface area contributed by atoms with Crippen molar-refractivity contribution in [1.29, 1.82) is 0 Å². The minimum absolute atomic E-state index is 0.0360. The van der Waals surface area contributed by atoms with Crippen LogP contribution in [0.2, 0.25) is 0 Å². The van der Waals surface area contributed by atoms with Crippen molar-refractivity contribution in [2.45, 2.75) is 32.9 Å². The number of hydrogen-bond acceptors (Lipinski definition) is 4.